The Morgan fingerprint density at radius 3 is 2.28 bits per heavy atom. The van der Waals surface area contributed by atoms with E-state index in [0.29, 0.717) is 0 Å². The van der Waals surface area contributed by atoms with E-state index in [2.05, 4.69) is 107 Å². The van der Waals surface area contributed by atoms with Gasteiger partial charge in [-0.25, -0.2) is 0 Å². The highest BCUT2D eigenvalue weighted by molar-refractivity contribution is 6.21. The van der Waals surface area contributed by atoms with E-state index < -0.39 is 0 Å². The van der Waals surface area contributed by atoms with Crippen molar-refractivity contribution in [3.05, 3.63) is 121 Å². The van der Waals surface area contributed by atoms with Gasteiger partial charge in [-0.05, 0) is 41.8 Å². The lowest BCUT2D eigenvalue weighted by Gasteiger charge is -2.11. The molecule has 0 unspecified atom stereocenters. The second-order valence-corrected chi connectivity index (χ2v) is 9.25. The van der Waals surface area contributed by atoms with Crippen LogP contribution >= 0.6 is 0 Å². The van der Waals surface area contributed by atoms with E-state index in [1.54, 1.807) is 0 Å². The van der Waals surface area contributed by atoms with E-state index in [1.165, 1.54) is 27.2 Å². The average molecular weight is 461 g/mol. The smallest absolute Gasteiger partial charge is 0.136 e. The van der Waals surface area contributed by atoms with Crippen molar-refractivity contribution in [3.8, 4) is 16.9 Å². The third kappa shape index (κ3) is 2.71. The highest BCUT2D eigenvalue weighted by Gasteiger charge is 2.17. The molecule has 0 atom stereocenters. The highest BCUT2D eigenvalue weighted by atomic mass is 16.3. The number of furan rings is 1. The molecule has 36 heavy (non-hydrogen) atoms. The number of para-hydroxylation sites is 2. The van der Waals surface area contributed by atoms with Crippen LogP contribution in [0.1, 0.15) is 0 Å². The van der Waals surface area contributed by atoms with Crippen LogP contribution in [0.3, 0.4) is 0 Å². The van der Waals surface area contributed by atoms with Crippen molar-refractivity contribution in [2.24, 2.45) is 0 Å². The maximum Gasteiger partial charge on any atom is 0.136 e. The monoisotopic (exact) mass is 460 g/mol. The minimum Gasteiger partial charge on any atom is -0.456 e. The van der Waals surface area contributed by atoms with Gasteiger partial charge in [-0.15, -0.1) is 0 Å². The Bertz CT molecular complexity index is 2100. The van der Waals surface area contributed by atoms with Crippen molar-refractivity contribution in [1.82, 2.24) is 9.55 Å². The maximum atomic E-state index is 6.20. The van der Waals surface area contributed by atoms with Crippen LogP contribution in [0, 0.1) is 0 Å². The first kappa shape index (κ1) is 19.4. The fourth-order valence-corrected chi connectivity index (χ4v) is 5.60. The second kappa shape index (κ2) is 7.30. The number of pyridine rings is 1. The molecule has 0 spiro atoms. The largest absolute Gasteiger partial charge is 0.456 e. The Labute approximate surface area is 206 Å². The van der Waals surface area contributed by atoms with Crippen LogP contribution in [0.5, 0.6) is 0 Å². The molecule has 0 amide bonds. The van der Waals surface area contributed by atoms with Gasteiger partial charge in [-0.3, -0.25) is 4.98 Å². The number of hydrogen-bond donors (Lipinski definition) is 0. The van der Waals surface area contributed by atoms with Crippen molar-refractivity contribution in [2.45, 2.75) is 0 Å². The summed E-state index contributed by atoms with van der Waals surface area (Å²) in [4.78, 5) is 4.68. The predicted molar refractivity (Wildman–Crippen MR) is 149 cm³/mol. The molecular formula is C33H20N2O. The topological polar surface area (TPSA) is 31.0 Å². The Kier molecular flexibility index (Phi) is 3.94. The van der Waals surface area contributed by atoms with Crippen LogP contribution in [0.2, 0.25) is 0 Å². The number of aromatic nitrogens is 2. The normalized spacial score (nSPS) is 11.9. The van der Waals surface area contributed by atoms with E-state index >= 15 is 0 Å². The van der Waals surface area contributed by atoms with Gasteiger partial charge in [0.1, 0.15) is 11.2 Å². The van der Waals surface area contributed by atoms with E-state index in [4.69, 9.17) is 4.42 Å². The van der Waals surface area contributed by atoms with Crippen LogP contribution in [-0.2, 0) is 0 Å². The van der Waals surface area contributed by atoms with Gasteiger partial charge in [0.25, 0.3) is 0 Å². The van der Waals surface area contributed by atoms with Crippen LogP contribution in [0.4, 0.5) is 0 Å². The zero-order valence-electron chi connectivity index (χ0n) is 19.3. The molecule has 3 heteroatoms. The lowest BCUT2D eigenvalue weighted by atomic mass is 10.0. The predicted octanol–water partition coefficient (Wildman–Crippen LogP) is 8.90. The molecule has 0 radical (unpaired) electrons. The van der Waals surface area contributed by atoms with Gasteiger partial charge in [-0.2, -0.15) is 0 Å². The maximum absolute atomic E-state index is 6.20. The molecule has 168 valence electrons. The summed E-state index contributed by atoms with van der Waals surface area (Å²) in [6.45, 7) is 0. The number of nitrogens with zero attached hydrogens (tertiary/aromatic N) is 2. The van der Waals surface area contributed by atoms with Gasteiger partial charge in [-0.1, -0.05) is 78.9 Å². The zero-order chi connectivity index (χ0) is 23.6. The second-order valence-electron chi connectivity index (χ2n) is 9.25. The summed E-state index contributed by atoms with van der Waals surface area (Å²) in [5, 5.41) is 7.13. The number of rotatable bonds is 2. The summed E-state index contributed by atoms with van der Waals surface area (Å²) in [5.74, 6) is 0. The van der Waals surface area contributed by atoms with E-state index in [-0.39, 0.29) is 0 Å². The van der Waals surface area contributed by atoms with Crippen molar-refractivity contribution in [3.63, 3.8) is 0 Å². The van der Waals surface area contributed by atoms with Crippen molar-refractivity contribution >= 4 is 54.5 Å². The van der Waals surface area contributed by atoms with Crippen LogP contribution < -0.4 is 0 Å². The van der Waals surface area contributed by atoms with Gasteiger partial charge < -0.3 is 8.98 Å². The number of hydrogen-bond acceptors (Lipinski definition) is 2. The van der Waals surface area contributed by atoms with Gasteiger partial charge in [0.05, 0.1) is 16.7 Å². The molecule has 0 aliphatic rings. The lowest BCUT2D eigenvalue weighted by Crippen LogP contribution is -1.96. The SMILES string of the molecule is c1ccc(-c2cc(-n3c4ccccc4c4ccc5cc6oc7ccccc7c6cc5c43)ccn2)cc1. The minimum absolute atomic E-state index is 0.918. The molecule has 8 aromatic rings. The summed E-state index contributed by atoms with van der Waals surface area (Å²) < 4.78 is 8.58. The summed E-state index contributed by atoms with van der Waals surface area (Å²) in [7, 11) is 0. The lowest BCUT2D eigenvalue weighted by molar-refractivity contribution is 0.669. The van der Waals surface area contributed by atoms with E-state index in [0.717, 1.165) is 44.3 Å². The van der Waals surface area contributed by atoms with Crippen molar-refractivity contribution in [2.75, 3.05) is 0 Å². The molecule has 3 nitrogen and oxygen atoms in total. The molecular weight excluding hydrogens is 440 g/mol. The highest BCUT2D eigenvalue weighted by Crippen LogP contribution is 2.40. The van der Waals surface area contributed by atoms with Gasteiger partial charge in [0, 0.05) is 44.4 Å². The third-order valence-corrected chi connectivity index (χ3v) is 7.22. The van der Waals surface area contributed by atoms with E-state index in [1.807, 2.05) is 24.4 Å². The van der Waals surface area contributed by atoms with Crippen LogP contribution in [0.15, 0.2) is 126 Å². The fourth-order valence-electron chi connectivity index (χ4n) is 5.60. The Morgan fingerprint density at radius 1 is 0.556 bits per heavy atom. The molecule has 0 N–H and O–H groups in total. The van der Waals surface area contributed by atoms with Crippen LogP contribution in [0.25, 0.3) is 71.5 Å². The first-order chi connectivity index (χ1) is 17.8. The molecule has 0 aliphatic heterocycles. The quantitative estimate of drug-likeness (QED) is 0.258. The minimum atomic E-state index is 0.918. The Morgan fingerprint density at radius 2 is 1.36 bits per heavy atom. The molecule has 0 saturated heterocycles. The standard InChI is InChI=1S/C33H20N2O/c1-2-8-21(9-3-1)29-19-23(16-17-34-29)35-30-12-6-4-10-24(30)26-15-14-22-18-32-28(20-27(22)33(26)35)25-11-5-7-13-31(25)36-32/h1-20H. The number of fused-ring (bicyclic) bond motifs is 8. The van der Waals surface area contributed by atoms with Crippen molar-refractivity contribution in [1.29, 1.82) is 0 Å². The first-order valence-corrected chi connectivity index (χ1v) is 12.1. The molecule has 0 fully saturated rings. The van der Waals surface area contributed by atoms with E-state index in [9.17, 15) is 0 Å². The molecule has 0 saturated carbocycles. The van der Waals surface area contributed by atoms with Gasteiger partial charge >= 0.3 is 0 Å². The molecule has 0 bridgehead atoms. The zero-order valence-corrected chi connectivity index (χ0v) is 19.3. The molecule has 5 aromatic carbocycles. The molecule has 0 aliphatic carbocycles. The van der Waals surface area contributed by atoms with Gasteiger partial charge in [0.2, 0.25) is 0 Å². The summed E-state index contributed by atoms with van der Waals surface area (Å²) >= 11 is 0. The number of benzene rings is 5. The van der Waals surface area contributed by atoms with Crippen molar-refractivity contribution < 1.29 is 4.42 Å². The summed E-state index contributed by atoms with van der Waals surface area (Å²) in [6.07, 6.45) is 1.91. The molecule has 3 heterocycles. The molecule has 3 aromatic heterocycles. The molecule has 8 rings (SSSR count). The fraction of sp³-hybridized carbons (Fsp3) is 0. The third-order valence-electron chi connectivity index (χ3n) is 7.22. The van der Waals surface area contributed by atoms with Gasteiger partial charge in [0.15, 0.2) is 0 Å². The summed E-state index contributed by atoms with van der Waals surface area (Å²) in [5.41, 5.74) is 7.38. The van der Waals surface area contributed by atoms with Crippen LogP contribution in [-0.4, -0.2) is 9.55 Å². The average Bonchev–Trinajstić information content (AvgIpc) is 3.48. The Hall–Kier alpha value is -4.89. The summed E-state index contributed by atoms with van der Waals surface area (Å²) in [6, 6.07) is 40.5. The first-order valence-electron chi connectivity index (χ1n) is 12.1. The Balaban J connectivity index is 1.52.